The number of ketones is 1. The van der Waals surface area contributed by atoms with Crippen LogP contribution in [0.4, 0.5) is 5.69 Å². The number of nitrogens with two attached hydrogens (primary N) is 1. The van der Waals surface area contributed by atoms with Gasteiger partial charge >= 0.3 is 0 Å². The Balaban J connectivity index is 2.06. The second-order valence-electron chi connectivity index (χ2n) is 4.33. The minimum Gasteiger partial charge on any atom is -0.399 e. The smallest absolute Gasteiger partial charge is 0.156 e. The number of nitrogen functional groups attached to an aromatic ring is 1. The molecule has 0 fully saturated rings. The zero-order chi connectivity index (χ0) is 11.7. The number of anilines is 1. The zero-order valence-electron chi connectivity index (χ0n) is 9.49. The Hall–Kier alpha value is -1.61. The molecule has 1 aliphatic rings. The quantitative estimate of drug-likeness (QED) is 0.618. The molecular weight excluding hydrogens is 200 g/mol. The lowest BCUT2D eigenvalue weighted by atomic mass is 10.1. The standard InChI is InChI=1S/C13H16N2O/c1-9(10(2)16)6-15-7-11-3-4-13(14)5-12(11)8-15/h3-5H,1,6-8,14H2,2H3. The van der Waals surface area contributed by atoms with Crippen molar-refractivity contribution in [2.45, 2.75) is 20.0 Å². The summed E-state index contributed by atoms with van der Waals surface area (Å²) in [7, 11) is 0. The molecule has 0 amide bonds. The molecule has 1 aromatic rings. The average Bonchev–Trinajstić information content (AvgIpc) is 2.58. The van der Waals surface area contributed by atoms with Crippen LogP contribution < -0.4 is 5.73 Å². The first-order valence-electron chi connectivity index (χ1n) is 5.34. The number of Topliss-reactive ketones (excluding diaryl/α,β-unsaturated/α-hetero) is 1. The van der Waals surface area contributed by atoms with Crippen LogP contribution in [0.2, 0.25) is 0 Å². The van der Waals surface area contributed by atoms with E-state index in [9.17, 15) is 4.79 Å². The third-order valence-electron chi connectivity index (χ3n) is 2.93. The van der Waals surface area contributed by atoms with Crippen LogP contribution in [-0.2, 0) is 17.9 Å². The molecule has 0 saturated carbocycles. The highest BCUT2D eigenvalue weighted by Gasteiger charge is 2.19. The van der Waals surface area contributed by atoms with Gasteiger partial charge in [-0.2, -0.15) is 0 Å². The fourth-order valence-electron chi connectivity index (χ4n) is 1.98. The second-order valence-corrected chi connectivity index (χ2v) is 4.33. The van der Waals surface area contributed by atoms with E-state index < -0.39 is 0 Å². The maximum absolute atomic E-state index is 11.1. The maximum Gasteiger partial charge on any atom is 0.156 e. The zero-order valence-corrected chi connectivity index (χ0v) is 9.49. The predicted octanol–water partition coefficient (Wildman–Crippen LogP) is 1.73. The molecule has 0 atom stereocenters. The molecule has 2 N–H and O–H groups in total. The minimum absolute atomic E-state index is 0.0653. The van der Waals surface area contributed by atoms with Gasteiger partial charge in [-0.15, -0.1) is 0 Å². The van der Waals surface area contributed by atoms with Crippen molar-refractivity contribution in [2.24, 2.45) is 0 Å². The SMILES string of the molecule is C=C(CN1Cc2ccc(N)cc2C1)C(C)=O. The van der Waals surface area contributed by atoms with E-state index in [0.717, 1.165) is 18.8 Å². The number of carbonyl (C=O) groups is 1. The molecule has 16 heavy (non-hydrogen) atoms. The molecule has 2 rings (SSSR count). The molecule has 0 spiro atoms. The van der Waals surface area contributed by atoms with Crippen molar-refractivity contribution in [3.05, 3.63) is 41.5 Å². The summed E-state index contributed by atoms with van der Waals surface area (Å²) in [5.41, 5.74) is 9.76. The van der Waals surface area contributed by atoms with E-state index in [0.29, 0.717) is 12.1 Å². The Labute approximate surface area is 95.6 Å². The van der Waals surface area contributed by atoms with Crippen LogP contribution in [0.3, 0.4) is 0 Å². The van der Waals surface area contributed by atoms with Gasteiger partial charge in [0.25, 0.3) is 0 Å². The van der Waals surface area contributed by atoms with E-state index in [1.165, 1.54) is 11.1 Å². The van der Waals surface area contributed by atoms with Gasteiger partial charge in [-0.25, -0.2) is 0 Å². The summed E-state index contributed by atoms with van der Waals surface area (Å²) < 4.78 is 0. The Morgan fingerprint density at radius 3 is 2.81 bits per heavy atom. The van der Waals surface area contributed by atoms with Gasteiger partial charge in [-0.3, -0.25) is 9.69 Å². The Morgan fingerprint density at radius 2 is 2.12 bits per heavy atom. The number of fused-ring (bicyclic) bond motifs is 1. The molecule has 0 saturated heterocycles. The van der Waals surface area contributed by atoms with Gasteiger partial charge in [0.1, 0.15) is 0 Å². The van der Waals surface area contributed by atoms with Crippen molar-refractivity contribution < 1.29 is 4.79 Å². The van der Waals surface area contributed by atoms with Crippen LogP contribution in [-0.4, -0.2) is 17.2 Å². The van der Waals surface area contributed by atoms with Crippen molar-refractivity contribution in [3.63, 3.8) is 0 Å². The van der Waals surface area contributed by atoms with E-state index in [4.69, 9.17) is 5.73 Å². The second kappa shape index (κ2) is 4.10. The first-order chi connectivity index (χ1) is 7.56. The highest BCUT2D eigenvalue weighted by molar-refractivity contribution is 5.92. The van der Waals surface area contributed by atoms with Crippen LogP contribution in [0.15, 0.2) is 30.4 Å². The first-order valence-corrected chi connectivity index (χ1v) is 5.34. The van der Waals surface area contributed by atoms with Crippen LogP contribution >= 0.6 is 0 Å². The van der Waals surface area contributed by atoms with Crippen molar-refractivity contribution in [2.75, 3.05) is 12.3 Å². The Morgan fingerprint density at radius 1 is 1.44 bits per heavy atom. The Bertz CT molecular complexity index is 451. The van der Waals surface area contributed by atoms with Crippen molar-refractivity contribution in [1.82, 2.24) is 4.90 Å². The Kier molecular flexibility index (Phi) is 2.79. The largest absolute Gasteiger partial charge is 0.399 e. The summed E-state index contributed by atoms with van der Waals surface area (Å²) in [6.45, 7) is 7.71. The van der Waals surface area contributed by atoms with Gasteiger partial charge in [-0.05, 0) is 30.2 Å². The highest BCUT2D eigenvalue weighted by atomic mass is 16.1. The lowest BCUT2D eigenvalue weighted by Crippen LogP contribution is -2.21. The third-order valence-corrected chi connectivity index (χ3v) is 2.93. The van der Waals surface area contributed by atoms with E-state index >= 15 is 0 Å². The van der Waals surface area contributed by atoms with Crippen molar-refractivity contribution in [1.29, 1.82) is 0 Å². The number of carbonyl (C=O) groups excluding carboxylic acids is 1. The summed E-state index contributed by atoms with van der Waals surface area (Å²) in [6, 6.07) is 5.98. The molecular formula is C13H16N2O. The highest BCUT2D eigenvalue weighted by Crippen LogP contribution is 2.25. The van der Waals surface area contributed by atoms with Gasteiger partial charge in [0.05, 0.1) is 0 Å². The molecule has 84 valence electrons. The molecule has 0 aromatic heterocycles. The predicted molar refractivity (Wildman–Crippen MR) is 64.8 cm³/mol. The van der Waals surface area contributed by atoms with Crippen LogP contribution in [0.5, 0.6) is 0 Å². The molecule has 1 aliphatic heterocycles. The number of hydrogen-bond donors (Lipinski definition) is 1. The normalized spacial score (nSPS) is 14.8. The fraction of sp³-hybridized carbons (Fsp3) is 0.308. The molecule has 0 radical (unpaired) electrons. The molecule has 1 aromatic carbocycles. The van der Waals surface area contributed by atoms with Gasteiger partial charge in [0.15, 0.2) is 5.78 Å². The number of benzene rings is 1. The van der Waals surface area contributed by atoms with E-state index in [1.54, 1.807) is 6.92 Å². The molecule has 3 nitrogen and oxygen atoms in total. The maximum atomic E-state index is 11.1. The summed E-state index contributed by atoms with van der Waals surface area (Å²) in [6.07, 6.45) is 0. The number of hydrogen-bond acceptors (Lipinski definition) is 3. The third kappa shape index (κ3) is 2.14. The van der Waals surface area contributed by atoms with Crippen LogP contribution in [0.1, 0.15) is 18.1 Å². The lowest BCUT2D eigenvalue weighted by molar-refractivity contribution is -0.113. The molecule has 3 heteroatoms. The molecule has 0 unspecified atom stereocenters. The van der Waals surface area contributed by atoms with Crippen molar-refractivity contribution in [3.8, 4) is 0 Å². The number of nitrogens with zero attached hydrogens (tertiary/aromatic N) is 1. The van der Waals surface area contributed by atoms with Gasteiger partial charge in [0.2, 0.25) is 0 Å². The van der Waals surface area contributed by atoms with Crippen molar-refractivity contribution >= 4 is 11.5 Å². The van der Waals surface area contributed by atoms with Crippen LogP contribution in [0, 0.1) is 0 Å². The lowest BCUT2D eigenvalue weighted by Gasteiger charge is -2.14. The van der Waals surface area contributed by atoms with Gasteiger partial charge in [-0.1, -0.05) is 12.6 Å². The first kappa shape index (κ1) is 10.9. The van der Waals surface area contributed by atoms with E-state index in [1.807, 2.05) is 12.1 Å². The summed E-state index contributed by atoms with van der Waals surface area (Å²) in [4.78, 5) is 13.3. The summed E-state index contributed by atoms with van der Waals surface area (Å²) >= 11 is 0. The molecule has 1 heterocycles. The monoisotopic (exact) mass is 216 g/mol. The number of rotatable bonds is 3. The summed E-state index contributed by atoms with van der Waals surface area (Å²) in [5, 5.41) is 0. The van der Waals surface area contributed by atoms with E-state index in [-0.39, 0.29) is 5.78 Å². The minimum atomic E-state index is 0.0653. The molecule has 0 aliphatic carbocycles. The fourth-order valence-corrected chi connectivity index (χ4v) is 1.98. The summed E-state index contributed by atoms with van der Waals surface area (Å²) in [5.74, 6) is 0.0653. The van der Waals surface area contributed by atoms with E-state index in [2.05, 4.69) is 17.5 Å². The van der Waals surface area contributed by atoms with Gasteiger partial charge < -0.3 is 5.73 Å². The topological polar surface area (TPSA) is 46.3 Å². The van der Waals surface area contributed by atoms with Gasteiger partial charge in [0, 0.05) is 30.9 Å². The molecule has 0 bridgehead atoms. The average molecular weight is 216 g/mol. The van der Waals surface area contributed by atoms with Crippen LogP contribution in [0.25, 0.3) is 0 Å².